The van der Waals surface area contributed by atoms with Gasteiger partial charge in [-0.2, -0.15) is 0 Å². The van der Waals surface area contributed by atoms with Crippen LogP contribution in [0.2, 0.25) is 18.1 Å². The molecule has 42 heavy (non-hydrogen) atoms. The lowest BCUT2D eigenvalue weighted by atomic mass is 9.94. The van der Waals surface area contributed by atoms with E-state index in [0.29, 0.717) is 29.2 Å². The van der Waals surface area contributed by atoms with Crippen molar-refractivity contribution in [1.29, 1.82) is 0 Å². The second-order valence-electron chi connectivity index (χ2n) is 12.8. The van der Waals surface area contributed by atoms with E-state index in [0.717, 1.165) is 33.5 Å². The molecule has 0 bridgehead atoms. The highest BCUT2D eigenvalue weighted by Crippen LogP contribution is 2.48. The zero-order valence-corrected chi connectivity index (χ0v) is 26.4. The van der Waals surface area contributed by atoms with Crippen molar-refractivity contribution in [3.63, 3.8) is 0 Å². The highest BCUT2D eigenvalue weighted by Gasteiger charge is 2.53. The lowest BCUT2D eigenvalue weighted by Gasteiger charge is -2.42. The Morgan fingerprint density at radius 2 is 1.81 bits per heavy atom. The van der Waals surface area contributed by atoms with E-state index < -0.39 is 19.8 Å². The Labute approximate surface area is 247 Å². The molecule has 5 rings (SSSR count). The number of carboxylic acid groups (broad SMARTS) is 1. The fraction of sp³-hybridized carbons (Fsp3) is 0.438. The topological polar surface area (TPSA) is 121 Å². The molecule has 3 aromatic rings. The summed E-state index contributed by atoms with van der Waals surface area (Å²) in [5, 5.41) is 20.8. The van der Waals surface area contributed by atoms with Gasteiger partial charge in [-0.1, -0.05) is 20.8 Å². The molecule has 0 fully saturated rings. The Balaban J connectivity index is 1.65. The summed E-state index contributed by atoms with van der Waals surface area (Å²) in [6, 6.07) is 11.0. The molecule has 224 valence electrons. The van der Waals surface area contributed by atoms with Crippen LogP contribution in [0, 0.1) is 0 Å². The largest absolute Gasteiger partial charge is 0.497 e. The molecule has 1 atom stereocenters. The quantitative estimate of drug-likeness (QED) is 0.236. The number of aromatic amines is 1. The van der Waals surface area contributed by atoms with E-state index in [4.69, 9.17) is 13.9 Å². The van der Waals surface area contributed by atoms with Crippen molar-refractivity contribution in [2.75, 3.05) is 25.7 Å². The number of aliphatic hydroxyl groups is 1. The van der Waals surface area contributed by atoms with Crippen molar-refractivity contribution < 1.29 is 28.9 Å². The molecule has 0 spiro atoms. The number of hydrogen-bond acceptors (Lipinski definition) is 7. The molecule has 1 aliphatic heterocycles. The van der Waals surface area contributed by atoms with Gasteiger partial charge in [-0.25, -0.2) is 4.79 Å². The first-order chi connectivity index (χ1) is 19.7. The molecule has 9 nitrogen and oxygen atoms in total. The van der Waals surface area contributed by atoms with Gasteiger partial charge in [-0.05, 0) is 64.7 Å². The third-order valence-electron chi connectivity index (χ3n) is 9.34. The van der Waals surface area contributed by atoms with E-state index >= 15 is 0 Å². The number of nitrogens with zero attached hydrogens (tertiary/aromatic N) is 1. The number of H-pyrrole nitrogens is 1. The Kier molecular flexibility index (Phi) is 7.53. The number of aromatic nitrogens is 1. The number of hydrogen-bond donors (Lipinski definition) is 3. The number of rotatable bonds is 9. The number of methoxy groups -OCH3 is 2. The van der Waals surface area contributed by atoms with Crippen molar-refractivity contribution in [2.45, 2.75) is 70.4 Å². The van der Waals surface area contributed by atoms with Crippen LogP contribution in [0.25, 0.3) is 11.3 Å². The lowest BCUT2D eigenvalue weighted by molar-refractivity contribution is -0.144. The number of ether oxygens (including phenoxy) is 2. The number of carboxylic acids is 1. The van der Waals surface area contributed by atoms with E-state index in [1.54, 1.807) is 20.3 Å². The third-order valence-corrected chi connectivity index (χ3v) is 13.8. The molecule has 2 aromatic carbocycles. The molecular formula is C32H40N2O7Si. The summed E-state index contributed by atoms with van der Waals surface area (Å²) in [5.74, 6) is 0.292. The van der Waals surface area contributed by atoms with Gasteiger partial charge >= 0.3 is 5.97 Å². The van der Waals surface area contributed by atoms with Crippen LogP contribution < -0.4 is 19.9 Å². The molecule has 0 saturated heterocycles. The fourth-order valence-corrected chi connectivity index (χ4v) is 6.81. The molecular weight excluding hydrogens is 552 g/mol. The van der Waals surface area contributed by atoms with E-state index in [1.807, 2.05) is 29.2 Å². The molecule has 3 N–H and O–H groups in total. The SMILES string of the molecule is COc1ccc(CN2c3cc4c(cc3CC2(CO[Si](C)(C)C(C)(C)C)C(=O)O)-c2[nH]c(=O)cc(CO)c2C4)c(OC)c1. The van der Waals surface area contributed by atoms with Gasteiger partial charge in [0, 0.05) is 48.3 Å². The van der Waals surface area contributed by atoms with Crippen LogP contribution in [0.5, 0.6) is 11.5 Å². The maximum atomic E-state index is 13.4. The van der Waals surface area contributed by atoms with Gasteiger partial charge in [0.25, 0.3) is 0 Å². The Morgan fingerprint density at radius 3 is 2.43 bits per heavy atom. The van der Waals surface area contributed by atoms with Gasteiger partial charge in [0.2, 0.25) is 5.56 Å². The number of aliphatic carboxylic acids is 1. The van der Waals surface area contributed by atoms with Crippen LogP contribution in [0.1, 0.15) is 48.6 Å². The molecule has 1 aromatic heterocycles. The number of aliphatic hydroxyl groups excluding tert-OH is 1. The monoisotopic (exact) mass is 592 g/mol. The van der Waals surface area contributed by atoms with Crippen LogP contribution in [-0.2, 0) is 35.2 Å². The summed E-state index contributed by atoms with van der Waals surface area (Å²) >= 11 is 0. The molecule has 0 saturated carbocycles. The van der Waals surface area contributed by atoms with Gasteiger partial charge in [-0.3, -0.25) is 4.79 Å². The molecule has 1 aliphatic carbocycles. The van der Waals surface area contributed by atoms with Crippen LogP contribution in [0.3, 0.4) is 0 Å². The van der Waals surface area contributed by atoms with Gasteiger partial charge in [0.1, 0.15) is 11.5 Å². The number of pyridine rings is 1. The van der Waals surface area contributed by atoms with Crippen molar-refractivity contribution in [1.82, 2.24) is 4.98 Å². The van der Waals surface area contributed by atoms with Gasteiger partial charge < -0.3 is 34.0 Å². The first-order valence-corrected chi connectivity index (χ1v) is 17.0. The minimum absolute atomic E-state index is 0.0265. The molecule has 2 aliphatic rings. The van der Waals surface area contributed by atoms with Gasteiger partial charge in [0.15, 0.2) is 13.9 Å². The summed E-state index contributed by atoms with van der Waals surface area (Å²) in [5.41, 5.74) is 4.89. The van der Waals surface area contributed by atoms with Crippen LogP contribution in [0.4, 0.5) is 5.69 Å². The number of benzene rings is 2. The van der Waals surface area contributed by atoms with Crippen LogP contribution in [-0.4, -0.2) is 55.8 Å². The Hall–Kier alpha value is -3.60. The molecule has 1 unspecified atom stereocenters. The van der Waals surface area contributed by atoms with Crippen molar-refractivity contribution >= 4 is 20.0 Å². The normalized spacial score (nSPS) is 17.6. The second-order valence-corrected chi connectivity index (χ2v) is 17.6. The predicted octanol–water partition coefficient (Wildman–Crippen LogP) is 4.86. The molecule has 0 radical (unpaired) electrons. The second kappa shape index (κ2) is 10.6. The average Bonchev–Trinajstić information content (AvgIpc) is 3.45. The van der Waals surface area contributed by atoms with Crippen molar-refractivity contribution in [3.8, 4) is 22.8 Å². The van der Waals surface area contributed by atoms with E-state index in [2.05, 4.69) is 38.8 Å². The highest BCUT2D eigenvalue weighted by atomic mass is 28.4. The zero-order valence-electron chi connectivity index (χ0n) is 25.4. The first kappa shape index (κ1) is 29.9. The van der Waals surface area contributed by atoms with E-state index in [-0.39, 0.29) is 36.8 Å². The lowest BCUT2D eigenvalue weighted by Crippen LogP contribution is -2.58. The summed E-state index contributed by atoms with van der Waals surface area (Å²) in [6.45, 7) is 10.7. The maximum absolute atomic E-state index is 13.4. The number of fused-ring (bicyclic) bond motifs is 4. The zero-order chi connectivity index (χ0) is 30.6. The van der Waals surface area contributed by atoms with Crippen LogP contribution >= 0.6 is 0 Å². The first-order valence-electron chi connectivity index (χ1n) is 14.1. The van der Waals surface area contributed by atoms with E-state index in [1.165, 1.54) is 6.07 Å². The van der Waals surface area contributed by atoms with Crippen LogP contribution in [0.15, 0.2) is 41.2 Å². The Bertz CT molecular complexity index is 1610. The minimum atomic E-state index is -2.30. The summed E-state index contributed by atoms with van der Waals surface area (Å²) in [6.07, 6.45) is 0.766. The minimum Gasteiger partial charge on any atom is -0.497 e. The molecule has 2 heterocycles. The van der Waals surface area contributed by atoms with Gasteiger partial charge in [0.05, 0.1) is 33.1 Å². The highest BCUT2D eigenvalue weighted by molar-refractivity contribution is 6.74. The summed E-state index contributed by atoms with van der Waals surface area (Å²) in [7, 11) is 0.881. The van der Waals surface area contributed by atoms with E-state index in [9.17, 15) is 19.8 Å². The number of carbonyl (C=O) groups is 1. The molecule has 0 amide bonds. The number of anilines is 1. The summed E-state index contributed by atoms with van der Waals surface area (Å²) in [4.78, 5) is 30.6. The predicted molar refractivity (Wildman–Crippen MR) is 164 cm³/mol. The average molecular weight is 593 g/mol. The third kappa shape index (κ3) is 4.91. The molecule has 10 heteroatoms. The van der Waals surface area contributed by atoms with Gasteiger partial charge in [-0.15, -0.1) is 0 Å². The fourth-order valence-electron chi connectivity index (χ4n) is 5.78. The number of nitrogens with one attached hydrogen (secondary N) is 1. The maximum Gasteiger partial charge on any atom is 0.332 e. The smallest absolute Gasteiger partial charge is 0.332 e. The standard InChI is InChI=1S/C32H40N2O7Si/c1-31(2,3)42(6,7)41-18-32(30(37)38)15-21-11-24-20(10-25-22(17-35)13-28(36)33-29(24)25)12-26(21)34(32)16-19-8-9-23(39-4)14-27(19)40-5/h8-9,11-14,35H,10,15-18H2,1-7H3,(H,33,36)(H,37,38). The van der Waals surface area contributed by atoms with Crippen molar-refractivity contribution in [3.05, 3.63) is 74.6 Å². The summed E-state index contributed by atoms with van der Waals surface area (Å²) < 4.78 is 17.7. The van der Waals surface area contributed by atoms with Crippen molar-refractivity contribution in [2.24, 2.45) is 0 Å². The Morgan fingerprint density at radius 1 is 1.07 bits per heavy atom.